The molecule has 0 saturated carbocycles. The Labute approximate surface area is 70.1 Å². The largest absolute Gasteiger partial charge is 0.489 e. The molecule has 1 aliphatic rings. The Bertz CT molecular complexity index is 301. The van der Waals surface area contributed by atoms with E-state index in [2.05, 4.69) is 0 Å². The number of halogens is 1. The summed E-state index contributed by atoms with van der Waals surface area (Å²) in [6.07, 6.45) is 0.701. The van der Waals surface area contributed by atoms with Gasteiger partial charge in [0.05, 0.1) is 0 Å². The topological polar surface area (TPSA) is 35.2 Å². The molecule has 0 amide bonds. The van der Waals surface area contributed by atoms with Crippen LogP contribution >= 0.6 is 0 Å². The van der Waals surface area contributed by atoms with E-state index in [0.717, 1.165) is 5.56 Å². The summed E-state index contributed by atoms with van der Waals surface area (Å²) in [5.41, 5.74) is 6.52. The van der Waals surface area contributed by atoms with Gasteiger partial charge in [-0.05, 0) is 18.1 Å². The van der Waals surface area contributed by atoms with Crippen LogP contribution in [0.5, 0.6) is 5.75 Å². The molecular formula is C9H10FNO. The summed E-state index contributed by atoms with van der Waals surface area (Å²) >= 11 is 0. The minimum atomic E-state index is -0.292. The van der Waals surface area contributed by atoms with Crippen molar-refractivity contribution in [3.05, 3.63) is 29.6 Å². The van der Waals surface area contributed by atoms with Crippen LogP contribution in [0.1, 0.15) is 5.56 Å². The summed E-state index contributed by atoms with van der Waals surface area (Å²) in [6.45, 7) is 0.411. The highest BCUT2D eigenvalue weighted by molar-refractivity contribution is 5.37. The van der Waals surface area contributed by atoms with E-state index < -0.39 is 0 Å². The van der Waals surface area contributed by atoms with Crippen molar-refractivity contribution in [2.75, 3.05) is 6.61 Å². The maximum atomic E-state index is 13.0. The summed E-state index contributed by atoms with van der Waals surface area (Å²) in [4.78, 5) is 0. The van der Waals surface area contributed by atoms with E-state index in [9.17, 15) is 4.39 Å². The highest BCUT2D eigenvalue weighted by Gasteiger charge is 2.18. The molecule has 0 fully saturated rings. The number of rotatable bonds is 0. The number of hydrogen-bond donors (Lipinski definition) is 1. The Hall–Kier alpha value is -1.09. The van der Waals surface area contributed by atoms with Gasteiger partial charge in [-0.15, -0.1) is 0 Å². The van der Waals surface area contributed by atoms with Crippen LogP contribution < -0.4 is 10.5 Å². The van der Waals surface area contributed by atoms with Crippen LogP contribution in [0.15, 0.2) is 18.2 Å². The predicted octanol–water partition coefficient (Wildman–Crippen LogP) is 1.09. The average molecular weight is 167 g/mol. The molecule has 2 rings (SSSR count). The summed E-state index contributed by atoms with van der Waals surface area (Å²) in [5.74, 6) is 0.0820. The third kappa shape index (κ3) is 1.16. The molecule has 2 nitrogen and oxygen atoms in total. The fraction of sp³-hybridized carbons (Fsp3) is 0.333. The standard InChI is InChI=1S/C9H10FNO/c10-8-3-1-2-6-4-7(11)5-12-9(6)8/h1-3,7H,4-5,11H2. The first-order valence-electron chi connectivity index (χ1n) is 3.93. The lowest BCUT2D eigenvalue weighted by molar-refractivity contribution is 0.251. The van der Waals surface area contributed by atoms with Gasteiger partial charge >= 0.3 is 0 Å². The van der Waals surface area contributed by atoms with Crippen LogP contribution in [-0.4, -0.2) is 12.6 Å². The van der Waals surface area contributed by atoms with Gasteiger partial charge in [0.1, 0.15) is 6.61 Å². The molecule has 0 bridgehead atoms. The molecule has 1 heterocycles. The third-order valence-electron chi connectivity index (χ3n) is 1.97. The second-order valence-electron chi connectivity index (χ2n) is 3.00. The highest BCUT2D eigenvalue weighted by atomic mass is 19.1. The van der Waals surface area contributed by atoms with Crippen LogP contribution in [0.25, 0.3) is 0 Å². The maximum absolute atomic E-state index is 13.0. The van der Waals surface area contributed by atoms with Gasteiger partial charge in [-0.1, -0.05) is 12.1 Å². The molecule has 0 spiro atoms. The lowest BCUT2D eigenvalue weighted by atomic mass is 10.0. The Morgan fingerprint density at radius 3 is 3.17 bits per heavy atom. The molecule has 1 aliphatic heterocycles. The number of nitrogens with two attached hydrogens (primary N) is 1. The van der Waals surface area contributed by atoms with Crippen molar-refractivity contribution >= 4 is 0 Å². The van der Waals surface area contributed by atoms with E-state index >= 15 is 0 Å². The van der Waals surface area contributed by atoms with Crippen molar-refractivity contribution in [3.63, 3.8) is 0 Å². The molecule has 12 heavy (non-hydrogen) atoms. The quantitative estimate of drug-likeness (QED) is 0.627. The molecule has 64 valence electrons. The zero-order valence-corrected chi connectivity index (χ0v) is 6.59. The van der Waals surface area contributed by atoms with Crippen LogP contribution in [-0.2, 0) is 6.42 Å². The highest BCUT2D eigenvalue weighted by Crippen LogP contribution is 2.26. The van der Waals surface area contributed by atoms with Gasteiger partial charge in [0.25, 0.3) is 0 Å². The van der Waals surface area contributed by atoms with Crippen LogP contribution in [0, 0.1) is 5.82 Å². The van der Waals surface area contributed by atoms with Crippen molar-refractivity contribution in [3.8, 4) is 5.75 Å². The van der Waals surface area contributed by atoms with Gasteiger partial charge in [0.2, 0.25) is 0 Å². The van der Waals surface area contributed by atoms with E-state index in [1.807, 2.05) is 6.07 Å². The molecule has 3 heteroatoms. The SMILES string of the molecule is NC1COc2c(F)cccc2C1. The Morgan fingerprint density at radius 2 is 2.33 bits per heavy atom. The first-order chi connectivity index (χ1) is 5.77. The number of hydrogen-bond acceptors (Lipinski definition) is 2. The van der Waals surface area contributed by atoms with Crippen molar-refractivity contribution in [1.82, 2.24) is 0 Å². The van der Waals surface area contributed by atoms with E-state index in [-0.39, 0.29) is 11.9 Å². The molecular weight excluding hydrogens is 157 g/mol. The molecule has 0 aliphatic carbocycles. The summed E-state index contributed by atoms with van der Waals surface area (Å²) in [7, 11) is 0. The van der Waals surface area contributed by atoms with Gasteiger partial charge in [-0.25, -0.2) is 4.39 Å². The second-order valence-corrected chi connectivity index (χ2v) is 3.00. The Morgan fingerprint density at radius 1 is 1.50 bits per heavy atom. The third-order valence-corrected chi connectivity index (χ3v) is 1.97. The summed E-state index contributed by atoms with van der Waals surface area (Å²) < 4.78 is 18.2. The van der Waals surface area contributed by atoms with Crippen molar-refractivity contribution in [1.29, 1.82) is 0 Å². The summed E-state index contributed by atoms with van der Waals surface area (Å²) in [6, 6.07) is 4.92. The van der Waals surface area contributed by atoms with E-state index in [0.29, 0.717) is 18.8 Å². The molecule has 1 aromatic carbocycles. The normalized spacial score (nSPS) is 21.3. The molecule has 0 aromatic heterocycles. The molecule has 1 atom stereocenters. The van der Waals surface area contributed by atoms with Crippen LogP contribution in [0.3, 0.4) is 0 Å². The minimum Gasteiger partial charge on any atom is -0.489 e. The van der Waals surface area contributed by atoms with Gasteiger partial charge in [-0.3, -0.25) is 0 Å². The lowest BCUT2D eigenvalue weighted by Crippen LogP contribution is -2.34. The maximum Gasteiger partial charge on any atom is 0.165 e. The van der Waals surface area contributed by atoms with E-state index in [1.54, 1.807) is 6.07 Å². The molecule has 1 unspecified atom stereocenters. The molecule has 0 saturated heterocycles. The zero-order valence-electron chi connectivity index (χ0n) is 6.59. The monoisotopic (exact) mass is 167 g/mol. The fourth-order valence-electron chi connectivity index (χ4n) is 1.41. The Balaban J connectivity index is 2.42. The lowest BCUT2D eigenvalue weighted by Gasteiger charge is -2.22. The van der Waals surface area contributed by atoms with Crippen molar-refractivity contribution < 1.29 is 9.13 Å². The number of benzene rings is 1. The second kappa shape index (κ2) is 2.75. The molecule has 1 aromatic rings. The molecule has 2 N–H and O–H groups in total. The smallest absolute Gasteiger partial charge is 0.165 e. The van der Waals surface area contributed by atoms with Gasteiger partial charge in [0.15, 0.2) is 11.6 Å². The first kappa shape index (κ1) is 7.55. The number of para-hydroxylation sites is 1. The van der Waals surface area contributed by atoms with E-state index in [1.165, 1.54) is 6.07 Å². The van der Waals surface area contributed by atoms with Gasteiger partial charge < -0.3 is 10.5 Å². The Kier molecular flexibility index (Phi) is 1.73. The zero-order chi connectivity index (χ0) is 8.55. The summed E-state index contributed by atoms with van der Waals surface area (Å²) in [5, 5.41) is 0. The predicted molar refractivity (Wildman–Crippen MR) is 43.6 cm³/mol. The first-order valence-corrected chi connectivity index (χ1v) is 3.93. The van der Waals surface area contributed by atoms with Gasteiger partial charge in [-0.2, -0.15) is 0 Å². The van der Waals surface area contributed by atoms with Crippen molar-refractivity contribution in [2.45, 2.75) is 12.5 Å². The number of fused-ring (bicyclic) bond motifs is 1. The minimum absolute atomic E-state index is 0.000648. The van der Waals surface area contributed by atoms with Gasteiger partial charge in [0, 0.05) is 6.04 Å². The number of ether oxygens (including phenoxy) is 1. The molecule has 0 radical (unpaired) electrons. The fourth-order valence-corrected chi connectivity index (χ4v) is 1.41. The van der Waals surface area contributed by atoms with Crippen molar-refractivity contribution in [2.24, 2.45) is 5.73 Å². The van der Waals surface area contributed by atoms with Crippen LogP contribution in [0.4, 0.5) is 4.39 Å². The van der Waals surface area contributed by atoms with Crippen LogP contribution in [0.2, 0.25) is 0 Å². The average Bonchev–Trinajstić information content (AvgIpc) is 2.04. The van der Waals surface area contributed by atoms with E-state index in [4.69, 9.17) is 10.5 Å².